The molecule has 2 heterocycles. The standard InChI is InChI=1S/C21H21Cl2NO5.C5H12N2/c1-21(11-4-2-3-5-11)9-10-8-13(15(22)16(23)14(10)18(21)26)29-7-6-12-17(25)20(28)24-19(12)27;1-7-4-2-6-3-5-7/h8,11H,2-7,9H2,1H3,(H2,24,25,27,28);6H,2-5H2,1H3. The summed E-state index contributed by atoms with van der Waals surface area (Å²) in [5.74, 6) is -1.32. The quantitative estimate of drug-likeness (QED) is 0.491. The number of hydrogen-bond donors (Lipinski definition) is 3. The molecule has 1 atom stereocenters. The second kappa shape index (κ2) is 11.1. The first-order chi connectivity index (χ1) is 17.1. The fraction of sp³-hybridized carbons (Fsp3) is 0.577. The molecule has 196 valence electrons. The minimum absolute atomic E-state index is 0.0166. The highest BCUT2D eigenvalue weighted by molar-refractivity contribution is 6.45. The lowest BCUT2D eigenvalue weighted by Gasteiger charge is -2.29. The molecule has 1 saturated heterocycles. The number of imide groups is 1. The molecule has 2 fully saturated rings. The number of aliphatic hydroxyl groups excluding tert-OH is 1. The van der Waals surface area contributed by atoms with E-state index in [2.05, 4.69) is 17.3 Å². The van der Waals surface area contributed by atoms with Gasteiger partial charge in [-0.15, -0.1) is 0 Å². The van der Waals surface area contributed by atoms with Crippen LogP contribution in [0.2, 0.25) is 10.0 Å². The Bertz CT molecular complexity index is 1090. The molecule has 1 aromatic carbocycles. The van der Waals surface area contributed by atoms with Crippen LogP contribution in [0.25, 0.3) is 0 Å². The van der Waals surface area contributed by atoms with E-state index in [0.29, 0.717) is 23.7 Å². The number of fused-ring (bicyclic) bond motifs is 1. The zero-order valence-electron chi connectivity index (χ0n) is 20.7. The summed E-state index contributed by atoms with van der Waals surface area (Å²) in [6.45, 7) is 6.77. The number of benzene rings is 1. The first-order valence-corrected chi connectivity index (χ1v) is 13.2. The molecule has 2 aliphatic heterocycles. The van der Waals surface area contributed by atoms with Crippen LogP contribution in [-0.4, -0.2) is 67.4 Å². The number of aliphatic hydroxyl groups is 1. The number of ketones is 1. The summed E-state index contributed by atoms with van der Waals surface area (Å²) in [5.41, 5.74) is 0.815. The van der Waals surface area contributed by atoms with Gasteiger partial charge in [0, 0.05) is 43.6 Å². The lowest BCUT2D eigenvalue weighted by molar-refractivity contribution is -0.125. The van der Waals surface area contributed by atoms with Gasteiger partial charge in [-0.3, -0.25) is 19.7 Å². The van der Waals surface area contributed by atoms with E-state index >= 15 is 0 Å². The van der Waals surface area contributed by atoms with Gasteiger partial charge in [-0.05, 0) is 43.9 Å². The smallest absolute Gasteiger partial charge is 0.293 e. The number of amides is 2. The molecule has 1 aromatic rings. The van der Waals surface area contributed by atoms with Crippen LogP contribution in [0.15, 0.2) is 17.4 Å². The van der Waals surface area contributed by atoms with E-state index in [0.717, 1.165) is 44.3 Å². The maximum atomic E-state index is 13.2. The van der Waals surface area contributed by atoms with Crippen molar-refractivity contribution in [3.8, 4) is 5.75 Å². The Hall–Kier alpha value is -2.13. The van der Waals surface area contributed by atoms with Crippen LogP contribution < -0.4 is 15.4 Å². The number of carbonyl (C=O) groups excluding carboxylic acids is 3. The maximum absolute atomic E-state index is 13.2. The van der Waals surface area contributed by atoms with Crippen molar-refractivity contribution in [2.24, 2.45) is 11.3 Å². The second-order valence-electron chi connectivity index (χ2n) is 10.2. The Balaban J connectivity index is 0.000000375. The minimum Gasteiger partial charge on any atom is -0.503 e. The highest BCUT2D eigenvalue weighted by Gasteiger charge is 2.49. The van der Waals surface area contributed by atoms with Crippen molar-refractivity contribution in [3.05, 3.63) is 38.6 Å². The van der Waals surface area contributed by atoms with E-state index in [9.17, 15) is 19.5 Å². The molecule has 2 aliphatic carbocycles. The monoisotopic (exact) mass is 537 g/mol. The Morgan fingerprint density at radius 3 is 2.33 bits per heavy atom. The van der Waals surface area contributed by atoms with Gasteiger partial charge in [0.15, 0.2) is 11.5 Å². The lowest BCUT2D eigenvalue weighted by Crippen LogP contribution is -2.40. The molecule has 2 amide bonds. The lowest BCUT2D eigenvalue weighted by atomic mass is 9.73. The summed E-state index contributed by atoms with van der Waals surface area (Å²) in [7, 11) is 2.15. The summed E-state index contributed by atoms with van der Waals surface area (Å²) in [4.78, 5) is 38.5. The van der Waals surface area contributed by atoms with Crippen molar-refractivity contribution in [2.75, 3.05) is 39.8 Å². The van der Waals surface area contributed by atoms with Gasteiger partial charge in [-0.25, -0.2) is 0 Å². The highest BCUT2D eigenvalue weighted by Crippen LogP contribution is 2.52. The topological polar surface area (TPSA) is 108 Å². The van der Waals surface area contributed by atoms with Crippen LogP contribution in [0.5, 0.6) is 5.75 Å². The number of Topliss-reactive ketones (excluding diaryl/α,β-unsaturated/α-hetero) is 1. The Labute approximate surface area is 221 Å². The summed E-state index contributed by atoms with van der Waals surface area (Å²) in [6, 6.07) is 1.75. The number of rotatable bonds is 5. The number of hydrogen-bond acceptors (Lipinski definition) is 7. The number of nitrogens with one attached hydrogen (secondary N) is 2. The van der Waals surface area contributed by atoms with Crippen LogP contribution in [0, 0.1) is 11.3 Å². The van der Waals surface area contributed by atoms with Gasteiger partial charge in [0.25, 0.3) is 11.8 Å². The van der Waals surface area contributed by atoms with E-state index in [1.807, 2.05) is 12.2 Å². The van der Waals surface area contributed by atoms with Crippen LogP contribution in [0.1, 0.15) is 54.9 Å². The summed E-state index contributed by atoms with van der Waals surface area (Å²) < 4.78 is 5.70. The number of nitrogens with zero attached hydrogens (tertiary/aromatic N) is 1. The van der Waals surface area contributed by atoms with E-state index in [-0.39, 0.29) is 34.4 Å². The molecule has 1 unspecified atom stereocenters. The van der Waals surface area contributed by atoms with Crippen molar-refractivity contribution in [3.63, 3.8) is 0 Å². The fourth-order valence-corrected chi connectivity index (χ4v) is 6.05. The number of halogens is 2. The largest absolute Gasteiger partial charge is 0.503 e. The normalized spacial score (nSPS) is 24.6. The SMILES string of the molecule is CC1(C2CCCC2)Cc2cc(OCCC3=C(O)C(=O)NC3=O)c(Cl)c(Cl)c2C1=O.CN1CCNCC1. The van der Waals surface area contributed by atoms with Gasteiger partial charge in [-0.2, -0.15) is 0 Å². The van der Waals surface area contributed by atoms with Gasteiger partial charge in [0.1, 0.15) is 10.8 Å². The third kappa shape index (κ3) is 5.28. The maximum Gasteiger partial charge on any atom is 0.293 e. The average molecular weight is 538 g/mol. The first-order valence-electron chi connectivity index (χ1n) is 12.5. The van der Waals surface area contributed by atoms with Gasteiger partial charge >= 0.3 is 0 Å². The van der Waals surface area contributed by atoms with Crippen molar-refractivity contribution in [1.82, 2.24) is 15.5 Å². The van der Waals surface area contributed by atoms with E-state index in [1.54, 1.807) is 6.07 Å². The average Bonchev–Trinajstić information content (AvgIpc) is 3.54. The Kier molecular flexibility index (Phi) is 8.29. The summed E-state index contributed by atoms with van der Waals surface area (Å²) >= 11 is 12.8. The molecule has 8 nitrogen and oxygen atoms in total. The molecular weight excluding hydrogens is 505 g/mol. The molecular formula is C26H33Cl2N3O5. The number of piperazine rings is 1. The molecule has 0 bridgehead atoms. The molecule has 0 radical (unpaired) electrons. The number of carbonyl (C=O) groups is 3. The Morgan fingerprint density at radius 1 is 1.11 bits per heavy atom. The van der Waals surface area contributed by atoms with Gasteiger partial charge in [-0.1, -0.05) is 43.0 Å². The first kappa shape index (κ1) is 26.9. The second-order valence-corrected chi connectivity index (χ2v) is 11.0. The summed E-state index contributed by atoms with van der Waals surface area (Å²) in [6.07, 6.45) is 5.01. The molecule has 5 rings (SSSR count). The highest BCUT2D eigenvalue weighted by atomic mass is 35.5. The van der Waals surface area contributed by atoms with Crippen molar-refractivity contribution >= 4 is 40.8 Å². The summed E-state index contributed by atoms with van der Waals surface area (Å²) in [5, 5.41) is 15.3. The van der Waals surface area contributed by atoms with E-state index in [4.69, 9.17) is 27.9 Å². The molecule has 36 heavy (non-hydrogen) atoms. The molecule has 10 heteroatoms. The minimum atomic E-state index is -0.812. The fourth-order valence-electron chi connectivity index (χ4n) is 5.55. The van der Waals surface area contributed by atoms with Gasteiger partial charge < -0.3 is 20.1 Å². The van der Waals surface area contributed by atoms with Crippen molar-refractivity contribution in [1.29, 1.82) is 0 Å². The van der Waals surface area contributed by atoms with Crippen LogP contribution in [0.3, 0.4) is 0 Å². The zero-order chi connectivity index (χ0) is 26.0. The van der Waals surface area contributed by atoms with Crippen LogP contribution >= 0.6 is 23.2 Å². The predicted molar refractivity (Wildman–Crippen MR) is 138 cm³/mol. The van der Waals surface area contributed by atoms with Crippen molar-refractivity contribution < 1.29 is 24.2 Å². The zero-order valence-corrected chi connectivity index (χ0v) is 22.2. The third-order valence-corrected chi connectivity index (χ3v) is 8.62. The third-order valence-electron chi connectivity index (χ3n) is 7.77. The number of likely N-dealkylation sites (N-methyl/N-ethyl adjacent to an activating group) is 1. The predicted octanol–water partition coefficient (Wildman–Crippen LogP) is 3.69. The van der Waals surface area contributed by atoms with E-state index in [1.165, 1.54) is 13.1 Å². The number of ether oxygens (including phenoxy) is 1. The van der Waals surface area contributed by atoms with E-state index < -0.39 is 23.0 Å². The van der Waals surface area contributed by atoms with Crippen LogP contribution in [-0.2, 0) is 16.0 Å². The molecule has 4 aliphatic rings. The Morgan fingerprint density at radius 2 is 1.78 bits per heavy atom. The van der Waals surface area contributed by atoms with Gasteiger partial charge in [0.05, 0.1) is 17.2 Å². The molecule has 0 spiro atoms. The van der Waals surface area contributed by atoms with Gasteiger partial charge in [0.2, 0.25) is 0 Å². The molecule has 1 saturated carbocycles. The van der Waals surface area contributed by atoms with Crippen molar-refractivity contribution in [2.45, 2.75) is 45.4 Å². The molecule has 3 N–H and O–H groups in total. The van der Waals surface area contributed by atoms with Crippen LogP contribution in [0.4, 0.5) is 0 Å². The molecule has 0 aromatic heterocycles.